The largest absolute Gasteiger partial charge is 0.473 e. The molecule has 6 nitrogen and oxygen atoms in total. The minimum atomic E-state index is -0.305. The van der Waals surface area contributed by atoms with Gasteiger partial charge in [-0.1, -0.05) is 59.2 Å². The van der Waals surface area contributed by atoms with Crippen LogP contribution in [0.3, 0.4) is 0 Å². The minimum Gasteiger partial charge on any atom is -0.473 e. The minimum absolute atomic E-state index is 0.0655. The molecule has 0 amide bonds. The Hall–Kier alpha value is -1.64. The summed E-state index contributed by atoms with van der Waals surface area (Å²) in [5.41, 5.74) is 1.07. The molecule has 0 N–H and O–H groups in total. The van der Waals surface area contributed by atoms with Gasteiger partial charge in [0.1, 0.15) is 12.2 Å². The van der Waals surface area contributed by atoms with Crippen molar-refractivity contribution in [3.63, 3.8) is 0 Å². The van der Waals surface area contributed by atoms with Gasteiger partial charge >= 0.3 is 0 Å². The zero-order chi connectivity index (χ0) is 22.5. The van der Waals surface area contributed by atoms with E-state index in [1.54, 1.807) is 37.5 Å². The van der Waals surface area contributed by atoms with E-state index >= 15 is 0 Å². The SMILES string of the molecule is CSC(=O)C#CC(=O)SC.CSC(=O)C1=C(C(=O)SC)C2C=CC1O2.c1ccoc1. The number of ether oxygens (including phenoxy) is 1. The first-order valence-electron chi connectivity index (χ1n) is 8.29. The standard InChI is InChI=1S/C10H10O3S2.C6H6O2S2.C4H4O/c1-14-9(11)7-5-3-4-6(13-5)8(7)10(12)15-2;1-9-5(7)3-4-6(8)10-2;1-2-4-5-3-1/h3-6H,1-2H3;1-2H3;1-4H. The van der Waals surface area contributed by atoms with Crippen molar-refractivity contribution in [3.8, 4) is 11.8 Å². The molecule has 2 unspecified atom stereocenters. The number of fused-ring (bicyclic) bond motifs is 2. The van der Waals surface area contributed by atoms with Crippen LogP contribution in [-0.4, -0.2) is 57.7 Å². The average Bonchev–Trinajstić information content (AvgIpc) is 3.55. The van der Waals surface area contributed by atoms with Gasteiger partial charge in [0.15, 0.2) is 0 Å². The van der Waals surface area contributed by atoms with Crippen molar-refractivity contribution >= 4 is 67.5 Å². The van der Waals surface area contributed by atoms with E-state index in [4.69, 9.17) is 4.74 Å². The zero-order valence-corrected chi connectivity index (χ0v) is 20.0. The van der Waals surface area contributed by atoms with Crippen LogP contribution in [0.1, 0.15) is 0 Å². The predicted molar refractivity (Wildman–Crippen MR) is 125 cm³/mol. The molecular formula is C20H20O6S4. The van der Waals surface area contributed by atoms with Gasteiger partial charge in [-0.3, -0.25) is 19.2 Å². The van der Waals surface area contributed by atoms with Gasteiger partial charge in [0, 0.05) is 11.1 Å². The number of carbonyl (C=O) groups is 4. The lowest BCUT2D eigenvalue weighted by Gasteiger charge is -2.08. The molecule has 30 heavy (non-hydrogen) atoms. The molecule has 0 saturated carbocycles. The summed E-state index contributed by atoms with van der Waals surface area (Å²) < 4.78 is 10.1. The first-order valence-corrected chi connectivity index (χ1v) is 13.2. The topological polar surface area (TPSA) is 90.7 Å². The smallest absolute Gasteiger partial charge is 0.262 e. The van der Waals surface area contributed by atoms with E-state index in [-0.39, 0.29) is 32.7 Å². The Morgan fingerprint density at radius 2 is 1.13 bits per heavy atom. The molecular weight excluding hydrogens is 464 g/mol. The molecule has 0 aromatic carbocycles. The lowest BCUT2D eigenvalue weighted by Crippen LogP contribution is -2.15. The third kappa shape index (κ3) is 8.24. The fraction of sp³-hybridized carbons (Fsp3) is 0.300. The normalized spacial score (nSPS) is 17.7. The highest BCUT2D eigenvalue weighted by Gasteiger charge is 2.42. The predicted octanol–water partition coefficient (Wildman–Crippen LogP) is 3.45. The van der Waals surface area contributed by atoms with Crippen molar-refractivity contribution < 1.29 is 28.3 Å². The lowest BCUT2D eigenvalue weighted by atomic mass is 9.99. The van der Waals surface area contributed by atoms with Crippen LogP contribution in [0.2, 0.25) is 0 Å². The first-order chi connectivity index (χ1) is 14.4. The highest BCUT2D eigenvalue weighted by Crippen LogP contribution is 2.38. The summed E-state index contributed by atoms with van der Waals surface area (Å²) in [6.07, 6.45) is 13.0. The summed E-state index contributed by atoms with van der Waals surface area (Å²) in [7, 11) is 0. The summed E-state index contributed by atoms with van der Waals surface area (Å²) in [5, 5.41) is -0.682. The van der Waals surface area contributed by atoms with E-state index in [0.717, 1.165) is 47.0 Å². The Kier molecular flexibility index (Phi) is 12.7. The maximum atomic E-state index is 11.7. The third-order valence-electron chi connectivity index (χ3n) is 3.49. The second-order valence-electron chi connectivity index (χ2n) is 5.20. The van der Waals surface area contributed by atoms with E-state index in [1.165, 1.54) is 0 Å². The molecule has 3 heterocycles. The van der Waals surface area contributed by atoms with Crippen LogP contribution in [0.25, 0.3) is 0 Å². The van der Waals surface area contributed by atoms with E-state index in [2.05, 4.69) is 16.3 Å². The van der Waals surface area contributed by atoms with Crippen molar-refractivity contribution in [1.29, 1.82) is 0 Å². The van der Waals surface area contributed by atoms with Gasteiger partial charge in [-0.25, -0.2) is 0 Å². The molecule has 10 heteroatoms. The van der Waals surface area contributed by atoms with E-state index in [0.29, 0.717) is 11.1 Å². The third-order valence-corrected chi connectivity index (χ3v) is 5.61. The molecule has 2 aliphatic heterocycles. The van der Waals surface area contributed by atoms with Crippen molar-refractivity contribution in [3.05, 3.63) is 48.0 Å². The number of thioether (sulfide) groups is 4. The molecule has 2 bridgehead atoms. The second kappa shape index (κ2) is 14.4. The molecule has 0 fully saturated rings. The fourth-order valence-corrected chi connectivity index (χ4v) is 3.39. The van der Waals surface area contributed by atoms with Crippen LogP contribution >= 0.6 is 47.0 Å². The molecule has 0 spiro atoms. The van der Waals surface area contributed by atoms with Gasteiger partial charge < -0.3 is 9.15 Å². The summed E-state index contributed by atoms with van der Waals surface area (Å²) in [6.45, 7) is 0. The van der Waals surface area contributed by atoms with E-state index in [9.17, 15) is 19.2 Å². The highest BCUT2D eigenvalue weighted by atomic mass is 32.2. The summed E-state index contributed by atoms with van der Waals surface area (Å²) in [6, 6.07) is 3.67. The molecule has 160 valence electrons. The maximum absolute atomic E-state index is 11.7. The Morgan fingerprint density at radius 1 is 0.733 bits per heavy atom. The summed E-state index contributed by atoms with van der Waals surface area (Å²) >= 11 is 4.25. The van der Waals surface area contributed by atoms with Crippen LogP contribution < -0.4 is 0 Å². The van der Waals surface area contributed by atoms with Crippen LogP contribution in [0.15, 0.2) is 52.4 Å². The van der Waals surface area contributed by atoms with Gasteiger partial charge in [-0.15, -0.1) is 0 Å². The number of furan rings is 1. The zero-order valence-electron chi connectivity index (χ0n) is 16.7. The number of rotatable bonds is 2. The molecule has 3 rings (SSSR count). The van der Waals surface area contributed by atoms with E-state index < -0.39 is 0 Å². The van der Waals surface area contributed by atoms with Crippen molar-refractivity contribution in [1.82, 2.24) is 0 Å². The van der Waals surface area contributed by atoms with Gasteiger partial charge in [0.2, 0.25) is 10.2 Å². The van der Waals surface area contributed by atoms with Crippen molar-refractivity contribution in [2.75, 3.05) is 25.0 Å². The molecule has 1 aromatic heterocycles. The Labute approximate surface area is 192 Å². The monoisotopic (exact) mass is 484 g/mol. The number of carbonyl (C=O) groups excluding carboxylic acids is 4. The van der Waals surface area contributed by atoms with Gasteiger partial charge in [0.05, 0.1) is 12.5 Å². The number of hydrogen-bond donors (Lipinski definition) is 0. The van der Waals surface area contributed by atoms with Crippen LogP contribution in [0.4, 0.5) is 0 Å². The van der Waals surface area contributed by atoms with Crippen LogP contribution in [0.5, 0.6) is 0 Å². The van der Waals surface area contributed by atoms with Crippen molar-refractivity contribution in [2.45, 2.75) is 12.2 Å². The molecule has 0 saturated heterocycles. The summed E-state index contributed by atoms with van der Waals surface area (Å²) in [5.74, 6) is 4.37. The molecule has 0 radical (unpaired) electrons. The highest BCUT2D eigenvalue weighted by molar-refractivity contribution is 8.14. The molecule has 0 aliphatic carbocycles. The van der Waals surface area contributed by atoms with Gasteiger partial charge in [-0.2, -0.15) is 0 Å². The van der Waals surface area contributed by atoms with Crippen LogP contribution in [-0.2, 0) is 23.9 Å². The lowest BCUT2D eigenvalue weighted by molar-refractivity contribution is -0.110. The van der Waals surface area contributed by atoms with Gasteiger partial charge in [-0.05, 0) is 49.0 Å². The second-order valence-corrected chi connectivity index (χ2v) is 8.32. The Bertz CT molecular complexity index is 806. The van der Waals surface area contributed by atoms with Crippen LogP contribution in [0, 0.1) is 11.8 Å². The quantitative estimate of drug-likeness (QED) is 0.459. The molecule has 2 atom stereocenters. The fourth-order valence-electron chi connectivity index (χ4n) is 2.19. The Balaban J connectivity index is 0.000000257. The average molecular weight is 485 g/mol. The maximum Gasteiger partial charge on any atom is 0.262 e. The Morgan fingerprint density at radius 3 is 1.40 bits per heavy atom. The van der Waals surface area contributed by atoms with E-state index in [1.807, 2.05) is 24.3 Å². The first kappa shape index (κ1) is 26.4. The van der Waals surface area contributed by atoms with Crippen molar-refractivity contribution in [2.24, 2.45) is 0 Å². The summed E-state index contributed by atoms with van der Waals surface area (Å²) in [4.78, 5) is 44.2. The number of hydrogen-bond acceptors (Lipinski definition) is 10. The molecule has 2 aliphatic rings. The molecule has 1 aromatic rings. The van der Waals surface area contributed by atoms with Gasteiger partial charge in [0.25, 0.3) is 10.2 Å².